The first-order chi connectivity index (χ1) is 16.8. The van der Waals surface area contributed by atoms with Crippen LogP contribution >= 0.6 is 0 Å². The molecular formula is C24H16F4N4O3. The number of rotatable bonds is 6. The molecule has 11 heteroatoms. The normalized spacial score (nSPS) is 14.9. The smallest absolute Gasteiger partial charge is 0.314 e. The minimum absolute atomic E-state index is 0.0375. The maximum Gasteiger partial charge on any atom is 0.314 e. The highest BCUT2D eigenvalue weighted by Gasteiger charge is 2.39. The van der Waals surface area contributed by atoms with Crippen LogP contribution in [-0.2, 0) is 6.54 Å². The molecule has 4 aromatic rings. The lowest BCUT2D eigenvalue weighted by Crippen LogP contribution is -2.34. The number of carbonyl (C=O) groups is 1. The van der Waals surface area contributed by atoms with E-state index in [-0.39, 0.29) is 34.8 Å². The average Bonchev–Trinajstić information content (AvgIpc) is 3.45. The molecule has 1 N–H and O–H groups in total. The molecule has 2 aromatic heterocycles. The Bertz CT molecular complexity index is 1410. The van der Waals surface area contributed by atoms with Gasteiger partial charge in [0.1, 0.15) is 18.0 Å². The SMILES string of the molecule is O=C1c2cc(-c3nnc(C(F)F)o3)ccc2CN1[C@H](c1cccc(F)n1)[C@@H](O)c1cccc(F)c1. The van der Waals surface area contributed by atoms with Gasteiger partial charge < -0.3 is 14.4 Å². The standard InChI is InChI=1S/C24H16F4N4O3/c25-15-4-1-3-12(9-15)20(33)19(17-5-2-6-18(26)29-17)32-11-14-8-7-13(10-16(14)24(32)34)22-30-31-23(35-22)21(27)28/h1-10,19-21,33H,11H2/t19-,20+/m1/s1. The van der Waals surface area contributed by atoms with Gasteiger partial charge in [0, 0.05) is 17.7 Å². The van der Waals surface area contributed by atoms with Crippen LogP contribution in [0.5, 0.6) is 0 Å². The van der Waals surface area contributed by atoms with E-state index in [9.17, 15) is 27.5 Å². The summed E-state index contributed by atoms with van der Waals surface area (Å²) in [5.74, 6) is -2.95. The van der Waals surface area contributed by atoms with E-state index < -0.39 is 42.1 Å². The third-order valence-electron chi connectivity index (χ3n) is 5.68. The Morgan fingerprint density at radius 2 is 1.80 bits per heavy atom. The molecule has 1 aliphatic rings. The molecule has 0 unspecified atom stereocenters. The minimum atomic E-state index is -2.94. The number of nitrogens with zero attached hydrogens (tertiary/aromatic N) is 4. The van der Waals surface area contributed by atoms with Crippen LogP contribution in [0.1, 0.15) is 51.6 Å². The van der Waals surface area contributed by atoms with Crippen molar-refractivity contribution >= 4 is 5.91 Å². The van der Waals surface area contributed by atoms with Crippen LogP contribution in [0.25, 0.3) is 11.5 Å². The lowest BCUT2D eigenvalue weighted by molar-refractivity contribution is 0.0343. The number of fused-ring (bicyclic) bond motifs is 1. The van der Waals surface area contributed by atoms with Crippen molar-refractivity contribution in [3.8, 4) is 11.5 Å². The van der Waals surface area contributed by atoms with Crippen LogP contribution < -0.4 is 0 Å². The summed E-state index contributed by atoms with van der Waals surface area (Å²) in [6.07, 6.45) is -4.37. The van der Waals surface area contributed by atoms with Gasteiger partial charge in [-0.05, 0) is 47.5 Å². The molecule has 5 rings (SSSR count). The first-order valence-corrected chi connectivity index (χ1v) is 10.4. The molecule has 0 aliphatic carbocycles. The van der Waals surface area contributed by atoms with Gasteiger partial charge in [0.25, 0.3) is 11.8 Å². The van der Waals surface area contributed by atoms with Crippen LogP contribution in [0, 0.1) is 11.8 Å². The van der Waals surface area contributed by atoms with Crippen molar-refractivity contribution in [2.75, 3.05) is 0 Å². The Hall–Kier alpha value is -4.12. The lowest BCUT2D eigenvalue weighted by atomic mass is 9.97. The number of aliphatic hydroxyl groups is 1. The van der Waals surface area contributed by atoms with Gasteiger partial charge in [-0.15, -0.1) is 10.2 Å². The molecule has 178 valence electrons. The van der Waals surface area contributed by atoms with Crippen molar-refractivity contribution in [1.82, 2.24) is 20.1 Å². The summed E-state index contributed by atoms with van der Waals surface area (Å²) in [5.41, 5.74) is 1.29. The van der Waals surface area contributed by atoms with Crippen molar-refractivity contribution in [1.29, 1.82) is 0 Å². The van der Waals surface area contributed by atoms with E-state index >= 15 is 0 Å². The Kier molecular flexibility index (Phi) is 5.77. The number of halogens is 4. The van der Waals surface area contributed by atoms with E-state index in [1.807, 2.05) is 0 Å². The van der Waals surface area contributed by atoms with Gasteiger partial charge in [-0.3, -0.25) is 4.79 Å². The van der Waals surface area contributed by atoms with Crippen LogP contribution in [0.15, 0.2) is 65.1 Å². The minimum Gasteiger partial charge on any atom is -0.415 e. The molecule has 0 fully saturated rings. The summed E-state index contributed by atoms with van der Waals surface area (Å²) in [6.45, 7) is 0.0375. The van der Waals surface area contributed by atoms with Crippen molar-refractivity contribution in [2.24, 2.45) is 0 Å². The summed E-state index contributed by atoms with van der Waals surface area (Å²) in [6, 6.07) is 12.6. The molecule has 3 heterocycles. The van der Waals surface area contributed by atoms with E-state index in [2.05, 4.69) is 15.2 Å². The number of aliphatic hydroxyl groups excluding tert-OH is 1. The Labute approximate surface area is 195 Å². The maximum atomic E-state index is 14.0. The number of benzene rings is 2. The number of hydrogen-bond donors (Lipinski definition) is 1. The van der Waals surface area contributed by atoms with Gasteiger partial charge in [0.05, 0.1) is 5.69 Å². The largest absolute Gasteiger partial charge is 0.415 e. The zero-order chi connectivity index (χ0) is 24.7. The second-order valence-electron chi connectivity index (χ2n) is 7.88. The predicted molar refractivity (Wildman–Crippen MR) is 113 cm³/mol. The van der Waals surface area contributed by atoms with Crippen molar-refractivity contribution < 1.29 is 31.9 Å². The second-order valence-corrected chi connectivity index (χ2v) is 7.88. The number of alkyl halides is 2. The number of hydrogen-bond acceptors (Lipinski definition) is 6. The fourth-order valence-corrected chi connectivity index (χ4v) is 4.07. The zero-order valence-electron chi connectivity index (χ0n) is 17.8. The van der Waals surface area contributed by atoms with Crippen LogP contribution in [0.3, 0.4) is 0 Å². The second kappa shape index (κ2) is 8.91. The summed E-state index contributed by atoms with van der Waals surface area (Å²) < 4.78 is 58.4. The molecule has 35 heavy (non-hydrogen) atoms. The quantitative estimate of drug-likeness (QED) is 0.313. The molecule has 7 nitrogen and oxygen atoms in total. The van der Waals surface area contributed by atoms with E-state index in [0.717, 1.165) is 12.1 Å². The van der Waals surface area contributed by atoms with Crippen molar-refractivity contribution in [3.05, 3.63) is 101 Å². The molecule has 1 aliphatic heterocycles. The van der Waals surface area contributed by atoms with Crippen LogP contribution in [0.2, 0.25) is 0 Å². The van der Waals surface area contributed by atoms with E-state index in [0.29, 0.717) is 5.56 Å². The molecular weight excluding hydrogens is 468 g/mol. The summed E-state index contributed by atoms with van der Waals surface area (Å²) >= 11 is 0. The van der Waals surface area contributed by atoms with Gasteiger partial charge >= 0.3 is 6.43 Å². The monoisotopic (exact) mass is 484 g/mol. The number of aromatic nitrogens is 3. The first-order valence-electron chi connectivity index (χ1n) is 10.4. The van der Waals surface area contributed by atoms with Gasteiger partial charge in [-0.25, -0.2) is 9.37 Å². The fraction of sp³-hybridized carbons (Fsp3) is 0.167. The fourth-order valence-electron chi connectivity index (χ4n) is 4.07. The maximum absolute atomic E-state index is 14.0. The van der Waals surface area contributed by atoms with Crippen molar-refractivity contribution in [3.63, 3.8) is 0 Å². The Morgan fingerprint density at radius 3 is 2.51 bits per heavy atom. The molecule has 0 spiro atoms. The third-order valence-corrected chi connectivity index (χ3v) is 5.68. The molecule has 0 bridgehead atoms. The number of pyridine rings is 1. The van der Waals surface area contributed by atoms with E-state index in [1.54, 1.807) is 6.07 Å². The van der Waals surface area contributed by atoms with E-state index in [4.69, 9.17) is 4.42 Å². The average molecular weight is 484 g/mol. The first kappa shape index (κ1) is 22.7. The Morgan fingerprint density at radius 1 is 1.00 bits per heavy atom. The lowest BCUT2D eigenvalue weighted by Gasteiger charge is -2.31. The van der Waals surface area contributed by atoms with Crippen molar-refractivity contribution in [2.45, 2.75) is 25.1 Å². The molecule has 0 radical (unpaired) electrons. The van der Waals surface area contributed by atoms with Crippen LogP contribution in [-0.4, -0.2) is 31.1 Å². The predicted octanol–water partition coefficient (Wildman–Crippen LogP) is 4.78. The highest BCUT2D eigenvalue weighted by Crippen LogP contribution is 2.39. The highest BCUT2D eigenvalue weighted by atomic mass is 19.3. The number of amides is 1. The molecule has 2 aromatic carbocycles. The zero-order valence-corrected chi connectivity index (χ0v) is 17.8. The Balaban J connectivity index is 1.53. The van der Waals surface area contributed by atoms with Crippen LogP contribution in [0.4, 0.5) is 17.6 Å². The number of carbonyl (C=O) groups excluding carboxylic acids is 1. The molecule has 1 amide bonds. The van der Waals surface area contributed by atoms with Gasteiger partial charge in [0.15, 0.2) is 0 Å². The van der Waals surface area contributed by atoms with Gasteiger partial charge in [-0.2, -0.15) is 13.2 Å². The molecule has 0 saturated carbocycles. The highest BCUT2D eigenvalue weighted by molar-refractivity contribution is 5.99. The third kappa shape index (κ3) is 4.26. The molecule has 2 atom stereocenters. The topological polar surface area (TPSA) is 92.4 Å². The van der Waals surface area contributed by atoms with Gasteiger partial charge in [-0.1, -0.05) is 24.3 Å². The van der Waals surface area contributed by atoms with Gasteiger partial charge in [0.2, 0.25) is 11.8 Å². The van der Waals surface area contributed by atoms with E-state index in [1.165, 1.54) is 47.4 Å². The summed E-state index contributed by atoms with van der Waals surface area (Å²) in [7, 11) is 0. The summed E-state index contributed by atoms with van der Waals surface area (Å²) in [5, 5.41) is 18.1. The summed E-state index contributed by atoms with van der Waals surface area (Å²) in [4.78, 5) is 18.6. The molecule has 0 saturated heterocycles.